The van der Waals surface area contributed by atoms with Gasteiger partial charge in [0.2, 0.25) is 0 Å². The van der Waals surface area contributed by atoms with Crippen LogP contribution in [0.15, 0.2) is 42.5 Å². The van der Waals surface area contributed by atoms with Gasteiger partial charge in [0.25, 0.3) is 5.91 Å². The number of carbonyl (C=O) groups is 2. The van der Waals surface area contributed by atoms with Gasteiger partial charge in [-0.25, -0.2) is 0 Å². The molecule has 2 amide bonds. The molecule has 1 aliphatic rings. The molecule has 0 bridgehead atoms. The summed E-state index contributed by atoms with van der Waals surface area (Å²) in [5.41, 5.74) is 1.50. The van der Waals surface area contributed by atoms with E-state index in [9.17, 15) is 9.59 Å². The van der Waals surface area contributed by atoms with Gasteiger partial charge in [-0.1, -0.05) is 24.3 Å². The summed E-state index contributed by atoms with van der Waals surface area (Å²) < 4.78 is 42.4. The van der Waals surface area contributed by atoms with E-state index in [4.69, 9.17) is 9.47 Å². The third-order valence-electron chi connectivity index (χ3n) is 5.74. The smallest absolute Gasteiger partial charge is 0.353 e. The monoisotopic (exact) mass is 460 g/mol. The molecule has 0 aliphatic carbocycles. The van der Waals surface area contributed by atoms with Gasteiger partial charge in [0.1, 0.15) is 5.75 Å². The molecule has 0 saturated carbocycles. The lowest BCUT2D eigenvalue weighted by molar-refractivity contribution is -0.145. The molecule has 1 heterocycles. The molecule has 1 fully saturated rings. The quantitative estimate of drug-likeness (QED) is 0.625. The molecule has 0 spiro atoms. The highest BCUT2D eigenvalue weighted by Gasteiger charge is 2.48. The number of anilines is 1. The molecule has 0 atom stereocenters. The van der Waals surface area contributed by atoms with Crippen molar-refractivity contribution in [2.75, 3.05) is 38.8 Å². The summed E-state index contributed by atoms with van der Waals surface area (Å²) in [6.45, 7) is 4.05. The lowest BCUT2D eigenvalue weighted by Gasteiger charge is -2.37. The molecule has 6 nitrogen and oxygen atoms in total. The fourth-order valence-corrected chi connectivity index (χ4v) is 3.78. The molecule has 1 aliphatic heterocycles. The van der Waals surface area contributed by atoms with Crippen LogP contribution in [0.1, 0.15) is 29.5 Å². The van der Waals surface area contributed by atoms with Crippen molar-refractivity contribution in [2.24, 2.45) is 0 Å². The summed E-state index contributed by atoms with van der Waals surface area (Å²) in [6.07, 6.45) is 0.926. The van der Waals surface area contributed by atoms with Gasteiger partial charge in [-0.05, 0) is 56.0 Å². The van der Waals surface area contributed by atoms with E-state index < -0.39 is 30.0 Å². The topological polar surface area (TPSA) is 59.1 Å². The zero-order chi connectivity index (χ0) is 24.2. The Kier molecular flexibility index (Phi) is 7.68. The molecule has 0 unspecified atom stereocenters. The fourth-order valence-electron chi connectivity index (χ4n) is 3.78. The third-order valence-corrected chi connectivity index (χ3v) is 5.74. The molecule has 3 rings (SSSR count). The second-order valence-electron chi connectivity index (χ2n) is 8.46. The molecule has 0 aromatic heterocycles. The summed E-state index contributed by atoms with van der Waals surface area (Å²) in [6, 6.07) is 10.5. The van der Waals surface area contributed by atoms with Crippen LogP contribution >= 0.6 is 0 Å². The van der Waals surface area contributed by atoms with Gasteiger partial charge in [0.05, 0.1) is 5.56 Å². The third kappa shape index (κ3) is 5.50. The minimum absolute atomic E-state index is 0.195. The Morgan fingerprint density at radius 2 is 1.76 bits per heavy atom. The van der Waals surface area contributed by atoms with Gasteiger partial charge >= 0.3 is 11.8 Å². The average Bonchev–Trinajstić information content (AvgIpc) is 2.80. The summed E-state index contributed by atoms with van der Waals surface area (Å²) in [7, 11) is 3.09. The maximum Gasteiger partial charge on any atom is 0.353 e. The van der Waals surface area contributed by atoms with E-state index in [2.05, 4.69) is 0 Å². The van der Waals surface area contributed by atoms with Gasteiger partial charge in [-0.3, -0.25) is 9.59 Å². The van der Waals surface area contributed by atoms with Crippen LogP contribution in [0.3, 0.4) is 0 Å². The van der Waals surface area contributed by atoms with Crippen molar-refractivity contribution in [3.05, 3.63) is 59.2 Å². The SMILES string of the molecule is Cc1ccc(C)c(N(C(=O)C(F)(F)c2ccccc2OCC(=O)N(C)C)C2CCOCC2)c1. The molecule has 1 saturated heterocycles. The van der Waals surface area contributed by atoms with Gasteiger partial charge in [-0.2, -0.15) is 8.78 Å². The number of halogens is 2. The number of hydrogen-bond donors (Lipinski definition) is 0. The van der Waals surface area contributed by atoms with E-state index in [0.29, 0.717) is 31.7 Å². The number of rotatable bonds is 7. The highest BCUT2D eigenvalue weighted by atomic mass is 19.3. The van der Waals surface area contributed by atoms with E-state index in [0.717, 1.165) is 11.1 Å². The van der Waals surface area contributed by atoms with E-state index in [1.165, 1.54) is 34.1 Å². The normalized spacial score (nSPS) is 14.6. The van der Waals surface area contributed by atoms with Crippen molar-refractivity contribution >= 4 is 17.5 Å². The Morgan fingerprint density at radius 1 is 1.09 bits per heavy atom. The van der Waals surface area contributed by atoms with Crippen LogP contribution < -0.4 is 9.64 Å². The number of hydrogen-bond acceptors (Lipinski definition) is 4. The second-order valence-corrected chi connectivity index (χ2v) is 8.46. The largest absolute Gasteiger partial charge is 0.483 e. The number of carbonyl (C=O) groups excluding carboxylic acids is 2. The first kappa shape index (κ1) is 24.6. The highest BCUT2D eigenvalue weighted by molar-refractivity contribution is 6.00. The Labute approximate surface area is 193 Å². The van der Waals surface area contributed by atoms with Crippen molar-refractivity contribution in [2.45, 2.75) is 38.7 Å². The minimum atomic E-state index is -3.87. The van der Waals surface area contributed by atoms with Crippen LogP contribution in [0, 0.1) is 13.8 Å². The molecule has 33 heavy (non-hydrogen) atoms. The predicted octanol–water partition coefficient (Wildman–Crippen LogP) is 4.07. The molecule has 8 heteroatoms. The van der Waals surface area contributed by atoms with E-state index in [1.807, 2.05) is 19.1 Å². The molecule has 2 aromatic carbocycles. The number of benzene rings is 2. The van der Waals surface area contributed by atoms with Crippen molar-refractivity contribution in [1.82, 2.24) is 4.90 Å². The number of likely N-dealkylation sites (N-methyl/N-ethyl adjacent to an activating group) is 1. The van der Waals surface area contributed by atoms with Gasteiger partial charge < -0.3 is 19.3 Å². The summed E-state index contributed by atoms with van der Waals surface area (Å²) in [4.78, 5) is 28.0. The molecular weight excluding hydrogens is 430 g/mol. The Balaban J connectivity index is 2.00. The van der Waals surface area contributed by atoms with Crippen LogP contribution in [-0.2, 0) is 20.2 Å². The summed E-state index contributed by atoms with van der Waals surface area (Å²) >= 11 is 0. The standard InChI is InChI=1S/C25H30F2N2O4/c1-17-9-10-18(2)21(15-17)29(19-11-13-32-14-12-19)24(31)25(26,27)20-7-5-6-8-22(20)33-16-23(30)28(3)4/h5-10,15,19H,11-14,16H2,1-4H3. The molecule has 0 N–H and O–H groups in total. The molecule has 2 aromatic rings. The number of alkyl halides is 2. The minimum Gasteiger partial charge on any atom is -0.483 e. The van der Waals surface area contributed by atoms with Gasteiger partial charge in [0.15, 0.2) is 6.61 Å². The Morgan fingerprint density at radius 3 is 2.42 bits per heavy atom. The van der Waals surface area contributed by atoms with Crippen LogP contribution in [0.25, 0.3) is 0 Å². The maximum atomic E-state index is 15.8. The van der Waals surface area contributed by atoms with Crippen molar-refractivity contribution in [3.63, 3.8) is 0 Å². The highest BCUT2D eigenvalue weighted by Crippen LogP contribution is 2.40. The zero-order valence-corrected chi connectivity index (χ0v) is 19.4. The van der Waals surface area contributed by atoms with Crippen molar-refractivity contribution in [1.29, 1.82) is 0 Å². The van der Waals surface area contributed by atoms with Crippen LogP contribution in [-0.4, -0.2) is 56.7 Å². The van der Waals surface area contributed by atoms with Gasteiger partial charge in [0, 0.05) is 39.0 Å². The zero-order valence-electron chi connectivity index (χ0n) is 19.4. The maximum absolute atomic E-state index is 15.8. The lowest BCUT2D eigenvalue weighted by atomic mass is 9.99. The van der Waals surface area contributed by atoms with Crippen molar-refractivity contribution < 1.29 is 27.8 Å². The molecule has 178 valence electrons. The average molecular weight is 461 g/mol. The first-order chi connectivity index (χ1) is 15.6. The summed E-state index contributed by atoms with van der Waals surface area (Å²) in [5.74, 6) is -5.76. The van der Waals surface area contributed by atoms with E-state index >= 15 is 8.78 Å². The second kappa shape index (κ2) is 10.3. The summed E-state index contributed by atoms with van der Waals surface area (Å²) in [5, 5.41) is 0. The Hall–Kier alpha value is -3.00. The molecular formula is C25H30F2N2O4. The predicted molar refractivity (Wildman–Crippen MR) is 122 cm³/mol. The lowest BCUT2D eigenvalue weighted by Crippen LogP contribution is -2.50. The van der Waals surface area contributed by atoms with Crippen LogP contribution in [0.2, 0.25) is 0 Å². The molecule has 0 radical (unpaired) electrons. The van der Waals surface area contributed by atoms with Crippen LogP contribution in [0.4, 0.5) is 14.5 Å². The fraction of sp³-hybridized carbons (Fsp3) is 0.440. The van der Waals surface area contributed by atoms with E-state index in [-0.39, 0.29) is 11.7 Å². The van der Waals surface area contributed by atoms with Gasteiger partial charge in [-0.15, -0.1) is 0 Å². The first-order valence-corrected chi connectivity index (χ1v) is 10.9. The first-order valence-electron chi connectivity index (χ1n) is 10.9. The van der Waals surface area contributed by atoms with Crippen LogP contribution in [0.5, 0.6) is 5.75 Å². The van der Waals surface area contributed by atoms with E-state index in [1.54, 1.807) is 27.1 Å². The number of ether oxygens (including phenoxy) is 2. The number of para-hydroxylation sites is 1. The number of aryl methyl sites for hydroxylation is 2. The Bertz CT molecular complexity index is 1000. The number of nitrogens with zero attached hydrogens (tertiary/aromatic N) is 2. The van der Waals surface area contributed by atoms with Crippen molar-refractivity contribution in [3.8, 4) is 5.75 Å². The number of amides is 2.